The number of nitrogens with zero attached hydrogens (tertiary/aromatic N) is 6. The summed E-state index contributed by atoms with van der Waals surface area (Å²) in [6, 6.07) is 11.5. The van der Waals surface area contributed by atoms with Crippen LogP contribution < -0.4 is 9.64 Å². The Morgan fingerprint density at radius 1 is 1.16 bits per heavy atom. The van der Waals surface area contributed by atoms with E-state index in [0.717, 1.165) is 48.9 Å². The number of para-hydroxylation sites is 1. The SMILES string of the molecule is CC(C)Oc1cc(F)c(-c2nn[nH]n2)c(N2CCN(Cc3nc4ccccc4s3)CC2)c1. The van der Waals surface area contributed by atoms with Crippen LogP contribution in [0.4, 0.5) is 10.1 Å². The molecule has 0 atom stereocenters. The molecule has 1 aliphatic rings. The summed E-state index contributed by atoms with van der Waals surface area (Å²) < 4.78 is 22.1. The lowest BCUT2D eigenvalue weighted by atomic mass is 10.1. The van der Waals surface area contributed by atoms with E-state index >= 15 is 4.39 Å². The number of ether oxygens (including phenoxy) is 1. The van der Waals surface area contributed by atoms with Crippen molar-refractivity contribution in [2.75, 3.05) is 31.1 Å². The van der Waals surface area contributed by atoms with Crippen LogP contribution in [0.1, 0.15) is 18.9 Å². The summed E-state index contributed by atoms with van der Waals surface area (Å²) in [5.41, 5.74) is 2.12. The van der Waals surface area contributed by atoms with Gasteiger partial charge < -0.3 is 9.64 Å². The van der Waals surface area contributed by atoms with Gasteiger partial charge in [-0.25, -0.2) is 9.37 Å². The molecule has 5 rings (SSSR count). The number of aromatic nitrogens is 5. The van der Waals surface area contributed by atoms with Crippen molar-refractivity contribution in [3.63, 3.8) is 0 Å². The molecule has 0 radical (unpaired) electrons. The van der Waals surface area contributed by atoms with E-state index in [2.05, 4.69) is 36.5 Å². The van der Waals surface area contributed by atoms with Crippen LogP contribution in [0.2, 0.25) is 0 Å². The first kappa shape index (κ1) is 20.8. The first-order chi connectivity index (χ1) is 15.6. The number of rotatable bonds is 6. The lowest BCUT2D eigenvalue weighted by molar-refractivity contribution is 0.240. The number of aromatic amines is 1. The Morgan fingerprint density at radius 3 is 2.69 bits per heavy atom. The number of hydrogen-bond donors (Lipinski definition) is 1. The van der Waals surface area contributed by atoms with E-state index < -0.39 is 5.82 Å². The second-order valence-corrected chi connectivity index (χ2v) is 9.15. The topological polar surface area (TPSA) is 83.1 Å². The Hall–Kier alpha value is -3.11. The van der Waals surface area contributed by atoms with Crippen LogP contribution in [-0.4, -0.2) is 62.8 Å². The standard InChI is InChI=1S/C22H24FN7OS/c1-14(2)31-15-11-16(23)21(22-25-27-28-26-22)18(12-15)30-9-7-29(8-10-30)13-20-24-17-5-3-4-6-19(17)32-20/h3-6,11-12,14H,7-10,13H2,1-2H3,(H,25,26,27,28). The molecule has 10 heteroatoms. The van der Waals surface area contributed by atoms with E-state index in [4.69, 9.17) is 9.72 Å². The molecule has 0 saturated carbocycles. The van der Waals surface area contributed by atoms with E-state index in [9.17, 15) is 0 Å². The van der Waals surface area contributed by atoms with Crippen molar-refractivity contribution >= 4 is 27.2 Å². The highest BCUT2D eigenvalue weighted by Crippen LogP contribution is 2.36. The molecule has 2 aromatic heterocycles. The second kappa shape index (κ2) is 8.79. The largest absolute Gasteiger partial charge is 0.491 e. The normalized spacial score (nSPS) is 15.1. The van der Waals surface area contributed by atoms with E-state index in [1.54, 1.807) is 11.3 Å². The number of anilines is 1. The van der Waals surface area contributed by atoms with Crippen molar-refractivity contribution in [3.8, 4) is 17.1 Å². The van der Waals surface area contributed by atoms with Gasteiger partial charge in [-0.2, -0.15) is 5.21 Å². The number of thiazole rings is 1. The fourth-order valence-electron chi connectivity index (χ4n) is 3.97. The molecule has 0 bridgehead atoms. The number of benzene rings is 2. The maximum absolute atomic E-state index is 15.1. The molecule has 0 amide bonds. The van der Waals surface area contributed by atoms with Crippen LogP contribution in [-0.2, 0) is 6.54 Å². The Balaban J connectivity index is 1.35. The fourth-order valence-corrected chi connectivity index (χ4v) is 4.98. The summed E-state index contributed by atoms with van der Waals surface area (Å²) in [5, 5.41) is 15.2. The first-order valence-electron chi connectivity index (χ1n) is 10.6. The Kier molecular flexibility index (Phi) is 5.71. The maximum Gasteiger partial charge on any atom is 0.209 e. The van der Waals surface area contributed by atoms with Gasteiger partial charge in [0.25, 0.3) is 0 Å². The summed E-state index contributed by atoms with van der Waals surface area (Å²) in [7, 11) is 0. The van der Waals surface area contributed by atoms with Crippen LogP contribution in [0.3, 0.4) is 0 Å². The molecule has 2 aromatic carbocycles. The Labute approximate surface area is 189 Å². The van der Waals surface area contributed by atoms with Crippen LogP contribution >= 0.6 is 11.3 Å². The van der Waals surface area contributed by atoms with Gasteiger partial charge in [-0.1, -0.05) is 12.1 Å². The molecular formula is C22H24FN7OS. The quantitative estimate of drug-likeness (QED) is 0.476. The molecule has 1 fully saturated rings. The molecule has 166 valence electrons. The molecule has 3 heterocycles. The van der Waals surface area contributed by atoms with Crippen molar-refractivity contribution < 1.29 is 9.13 Å². The highest BCUT2D eigenvalue weighted by atomic mass is 32.1. The first-order valence-corrected chi connectivity index (χ1v) is 11.4. The predicted octanol–water partition coefficient (Wildman–Crippen LogP) is 3.72. The smallest absolute Gasteiger partial charge is 0.209 e. The van der Waals surface area contributed by atoms with Crippen molar-refractivity contribution in [3.05, 3.63) is 47.2 Å². The minimum Gasteiger partial charge on any atom is -0.491 e. The van der Waals surface area contributed by atoms with Gasteiger partial charge in [0.15, 0.2) is 0 Å². The summed E-state index contributed by atoms with van der Waals surface area (Å²) in [5.74, 6) is 0.318. The molecule has 1 saturated heterocycles. The molecule has 32 heavy (non-hydrogen) atoms. The van der Waals surface area contributed by atoms with E-state index in [-0.39, 0.29) is 11.9 Å². The molecule has 0 aliphatic carbocycles. The fraction of sp³-hybridized carbons (Fsp3) is 0.364. The summed E-state index contributed by atoms with van der Waals surface area (Å²) in [4.78, 5) is 9.30. The lowest BCUT2D eigenvalue weighted by Gasteiger charge is -2.36. The van der Waals surface area contributed by atoms with Crippen molar-refractivity contribution in [1.29, 1.82) is 0 Å². The molecule has 0 unspecified atom stereocenters. The van der Waals surface area contributed by atoms with Crippen LogP contribution in [0.25, 0.3) is 21.6 Å². The third kappa shape index (κ3) is 4.28. The summed E-state index contributed by atoms with van der Waals surface area (Å²) >= 11 is 1.74. The zero-order chi connectivity index (χ0) is 22.1. The highest BCUT2D eigenvalue weighted by Gasteiger charge is 2.25. The highest BCUT2D eigenvalue weighted by molar-refractivity contribution is 7.18. The molecule has 4 aromatic rings. The lowest BCUT2D eigenvalue weighted by Crippen LogP contribution is -2.46. The molecule has 1 N–H and O–H groups in total. The number of fused-ring (bicyclic) bond motifs is 1. The van der Waals surface area contributed by atoms with Gasteiger partial charge in [0.2, 0.25) is 5.82 Å². The minimum absolute atomic E-state index is 0.0519. The van der Waals surface area contributed by atoms with Crippen LogP contribution in [0.5, 0.6) is 5.75 Å². The van der Waals surface area contributed by atoms with Gasteiger partial charge >= 0.3 is 0 Å². The van der Waals surface area contributed by atoms with E-state index in [1.165, 1.54) is 10.8 Å². The number of halogens is 1. The zero-order valence-electron chi connectivity index (χ0n) is 18.0. The number of piperazine rings is 1. The van der Waals surface area contributed by atoms with Gasteiger partial charge in [0.05, 0.1) is 34.1 Å². The summed E-state index contributed by atoms with van der Waals surface area (Å²) in [6.07, 6.45) is -0.0519. The Bertz CT molecular complexity index is 1170. The minimum atomic E-state index is -0.420. The third-order valence-corrected chi connectivity index (χ3v) is 6.41. The molecule has 1 aliphatic heterocycles. The van der Waals surface area contributed by atoms with E-state index in [1.807, 2.05) is 38.1 Å². The van der Waals surface area contributed by atoms with Gasteiger partial charge in [0, 0.05) is 38.3 Å². The number of H-pyrrole nitrogens is 1. The zero-order valence-corrected chi connectivity index (χ0v) is 18.8. The van der Waals surface area contributed by atoms with Crippen LogP contribution in [0, 0.1) is 5.82 Å². The van der Waals surface area contributed by atoms with Gasteiger partial charge in [-0.3, -0.25) is 4.90 Å². The molecule has 8 nitrogen and oxygen atoms in total. The van der Waals surface area contributed by atoms with Crippen molar-refractivity contribution in [2.45, 2.75) is 26.5 Å². The number of hydrogen-bond acceptors (Lipinski definition) is 8. The Morgan fingerprint density at radius 2 is 1.97 bits per heavy atom. The number of tetrazole rings is 1. The maximum atomic E-state index is 15.1. The monoisotopic (exact) mass is 453 g/mol. The van der Waals surface area contributed by atoms with Gasteiger partial charge in [-0.15, -0.1) is 21.5 Å². The van der Waals surface area contributed by atoms with E-state index in [0.29, 0.717) is 11.3 Å². The predicted molar refractivity (Wildman–Crippen MR) is 122 cm³/mol. The number of nitrogens with one attached hydrogen (secondary N) is 1. The molecular weight excluding hydrogens is 429 g/mol. The van der Waals surface area contributed by atoms with Crippen LogP contribution in [0.15, 0.2) is 36.4 Å². The average molecular weight is 454 g/mol. The third-order valence-electron chi connectivity index (χ3n) is 5.39. The van der Waals surface area contributed by atoms with Crippen molar-refractivity contribution in [1.82, 2.24) is 30.5 Å². The average Bonchev–Trinajstić information content (AvgIpc) is 3.43. The van der Waals surface area contributed by atoms with Gasteiger partial charge in [0.1, 0.15) is 16.6 Å². The van der Waals surface area contributed by atoms with Crippen molar-refractivity contribution in [2.24, 2.45) is 0 Å². The van der Waals surface area contributed by atoms with Gasteiger partial charge in [-0.05, 0) is 31.2 Å². The second-order valence-electron chi connectivity index (χ2n) is 8.04. The summed E-state index contributed by atoms with van der Waals surface area (Å²) in [6.45, 7) is 7.85. The molecule has 0 spiro atoms.